The molecule has 0 aliphatic heterocycles. The van der Waals surface area contributed by atoms with Gasteiger partial charge in [0, 0.05) is 22.6 Å². The van der Waals surface area contributed by atoms with Crippen molar-refractivity contribution in [2.45, 2.75) is 39.2 Å². The number of ether oxygens (including phenoxy) is 1. The van der Waals surface area contributed by atoms with Gasteiger partial charge in [0.15, 0.2) is 0 Å². The molecule has 1 fully saturated rings. The lowest BCUT2D eigenvalue weighted by molar-refractivity contribution is -0.0504. The standard InChI is InChI=1S/C23H20F2O3/c1-14(2)6-7-15-4-3-5-17(12-15)21(26)22(27)18-10-11-20(28-23(24)25)19(13-18)16-8-9-16/h3-5,10-14,16,23H,8-9H2,1-2H3. The second kappa shape index (κ2) is 8.35. The molecule has 1 saturated carbocycles. The number of hydrogen-bond donors (Lipinski definition) is 0. The highest BCUT2D eigenvalue weighted by Crippen LogP contribution is 2.45. The summed E-state index contributed by atoms with van der Waals surface area (Å²) in [5, 5.41) is 0. The number of carbonyl (C=O) groups is 2. The summed E-state index contributed by atoms with van der Waals surface area (Å²) in [5.74, 6) is 5.00. The summed E-state index contributed by atoms with van der Waals surface area (Å²) in [4.78, 5) is 25.3. The molecule has 5 heteroatoms. The minimum atomic E-state index is -2.93. The molecule has 0 saturated heterocycles. The molecular weight excluding hydrogens is 362 g/mol. The molecule has 3 nitrogen and oxygen atoms in total. The number of hydrogen-bond acceptors (Lipinski definition) is 3. The minimum Gasteiger partial charge on any atom is -0.435 e. The monoisotopic (exact) mass is 382 g/mol. The minimum absolute atomic E-state index is 0.0625. The maximum absolute atomic E-state index is 12.7. The van der Waals surface area contributed by atoms with E-state index in [4.69, 9.17) is 0 Å². The zero-order valence-corrected chi connectivity index (χ0v) is 15.7. The summed E-state index contributed by atoms with van der Waals surface area (Å²) < 4.78 is 29.7. The van der Waals surface area contributed by atoms with Crippen LogP contribution in [0.2, 0.25) is 0 Å². The second-order valence-corrected chi connectivity index (χ2v) is 7.07. The Labute approximate surface area is 162 Å². The summed E-state index contributed by atoms with van der Waals surface area (Å²) >= 11 is 0. The van der Waals surface area contributed by atoms with Crippen LogP contribution in [0.4, 0.5) is 8.78 Å². The van der Waals surface area contributed by atoms with Crippen LogP contribution < -0.4 is 4.74 Å². The van der Waals surface area contributed by atoms with Gasteiger partial charge in [0.05, 0.1) is 0 Å². The average Bonchev–Trinajstić information content (AvgIpc) is 3.50. The number of carbonyl (C=O) groups excluding carboxylic acids is 2. The van der Waals surface area contributed by atoms with E-state index in [1.54, 1.807) is 24.3 Å². The van der Waals surface area contributed by atoms with Crippen molar-refractivity contribution in [3.05, 3.63) is 64.7 Å². The van der Waals surface area contributed by atoms with Crippen LogP contribution in [-0.4, -0.2) is 18.2 Å². The maximum Gasteiger partial charge on any atom is 0.387 e. The molecule has 1 aliphatic carbocycles. The van der Waals surface area contributed by atoms with Crippen molar-refractivity contribution in [2.24, 2.45) is 5.92 Å². The Morgan fingerprint density at radius 3 is 2.32 bits per heavy atom. The van der Waals surface area contributed by atoms with Gasteiger partial charge in [-0.25, -0.2) is 0 Å². The Hall–Kier alpha value is -3.00. The van der Waals surface area contributed by atoms with E-state index in [-0.39, 0.29) is 28.7 Å². The number of benzene rings is 2. The van der Waals surface area contributed by atoms with E-state index in [2.05, 4.69) is 16.6 Å². The van der Waals surface area contributed by atoms with E-state index in [0.29, 0.717) is 11.1 Å². The molecule has 0 radical (unpaired) electrons. The fourth-order valence-electron chi connectivity index (χ4n) is 2.83. The van der Waals surface area contributed by atoms with Crippen molar-refractivity contribution in [3.8, 4) is 17.6 Å². The summed E-state index contributed by atoms with van der Waals surface area (Å²) in [6.45, 7) is 0.991. The van der Waals surface area contributed by atoms with Gasteiger partial charge in [0.1, 0.15) is 5.75 Å². The van der Waals surface area contributed by atoms with Crippen molar-refractivity contribution in [1.29, 1.82) is 0 Å². The predicted octanol–water partition coefficient (Wildman–Crippen LogP) is 5.24. The quantitative estimate of drug-likeness (QED) is 0.390. The Kier molecular flexibility index (Phi) is 5.89. The Bertz CT molecular complexity index is 963. The van der Waals surface area contributed by atoms with Gasteiger partial charge in [0.25, 0.3) is 0 Å². The van der Waals surface area contributed by atoms with Crippen LogP contribution in [0.5, 0.6) is 5.75 Å². The zero-order valence-electron chi connectivity index (χ0n) is 15.7. The van der Waals surface area contributed by atoms with Gasteiger partial charge in [-0.1, -0.05) is 37.8 Å². The third kappa shape index (κ3) is 4.83. The van der Waals surface area contributed by atoms with E-state index in [1.807, 2.05) is 13.8 Å². The van der Waals surface area contributed by atoms with Crippen LogP contribution in [0, 0.1) is 17.8 Å². The summed E-state index contributed by atoms with van der Waals surface area (Å²) in [5.41, 5.74) is 1.64. The Balaban J connectivity index is 1.86. The normalized spacial score (nSPS) is 13.2. The number of halogens is 2. The van der Waals surface area contributed by atoms with Crippen molar-refractivity contribution in [3.63, 3.8) is 0 Å². The summed E-state index contributed by atoms with van der Waals surface area (Å²) in [6, 6.07) is 10.8. The van der Waals surface area contributed by atoms with Crippen LogP contribution in [-0.2, 0) is 0 Å². The third-order valence-corrected chi connectivity index (χ3v) is 4.34. The Morgan fingerprint density at radius 2 is 1.71 bits per heavy atom. The van der Waals surface area contributed by atoms with Gasteiger partial charge in [-0.2, -0.15) is 8.78 Å². The van der Waals surface area contributed by atoms with Gasteiger partial charge in [-0.15, -0.1) is 0 Å². The molecule has 3 rings (SSSR count). The molecule has 0 spiro atoms. The first-order chi connectivity index (χ1) is 13.3. The number of ketones is 2. The van der Waals surface area contributed by atoms with Crippen molar-refractivity contribution < 1.29 is 23.1 Å². The first-order valence-corrected chi connectivity index (χ1v) is 9.14. The highest BCUT2D eigenvalue weighted by Gasteiger charge is 2.29. The van der Waals surface area contributed by atoms with Crippen molar-refractivity contribution >= 4 is 11.6 Å². The fraction of sp³-hybridized carbons (Fsp3) is 0.304. The molecule has 0 amide bonds. The molecule has 0 N–H and O–H groups in total. The molecule has 0 aromatic heterocycles. The number of rotatable bonds is 6. The van der Waals surface area contributed by atoms with Crippen LogP contribution in [0.1, 0.15) is 64.4 Å². The number of Topliss-reactive ketones (excluding diaryl/α,β-unsaturated/α-hetero) is 2. The summed E-state index contributed by atoms with van der Waals surface area (Å²) in [6.07, 6.45) is 1.70. The molecule has 0 bridgehead atoms. The van der Waals surface area contributed by atoms with E-state index in [0.717, 1.165) is 12.8 Å². The number of alkyl halides is 2. The van der Waals surface area contributed by atoms with Crippen LogP contribution in [0.3, 0.4) is 0 Å². The van der Waals surface area contributed by atoms with Gasteiger partial charge in [-0.3, -0.25) is 9.59 Å². The molecule has 2 aromatic carbocycles. The lowest BCUT2D eigenvalue weighted by atomic mass is 9.97. The first-order valence-electron chi connectivity index (χ1n) is 9.14. The van der Waals surface area contributed by atoms with Gasteiger partial charge < -0.3 is 4.74 Å². The molecule has 144 valence electrons. The molecule has 28 heavy (non-hydrogen) atoms. The van der Waals surface area contributed by atoms with Crippen LogP contribution >= 0.6 is 0 Å². The lowest BCUT2D eigenvalue weighted by Crippen LogP contribution is -2.15. The highest BCUT2D eigenvalue weighted by molar-refractivity contribution is 6.49. The second-order valence-electron chi connectivity index (χ2n) is 7.07. The molecular formula is C23H20F2O3. The fourth-order valence-corrected chi connectivity index (χ4v) is 2.83. The molecule has 0 unspecified atom stereocenters. The third-order valence-electron chi connectivity index (χ3n) is 4.34. The molecule has 2 aromatic rings. The van der Waals surface area contributed by atoms with Crippen LogP contribution in [0.25, 0.3) is 0 Å². The summed E-state index contributed by atoms with van der Waals surface area (Å²) in [7, 11) is 0. The molecule has 0 heterocycles. The lowest BCUT2D eigenvalue weighted by Gasteiger charge is -2.11. The maximum atomic E-state index is 12.7. The topological polar surface area (TPSA) is 43.4 Å². The van der Waals surface area contributed by atoms with E-state index in [1.165, 1.54) is 18.2 Å². The first kappa shape index (κ1) is 19.8. The van der Waals surface area contributed by atoms with Gasteiger partial charge in [-0.05, 0) is 54.7 Å². The molecule has 0 atom stereocenters. The zero-order chi connectivity index (χ0) is 20.3. The van der Waals surface area contributed by atoms with Gasteiger partial charge in [0.2, 0.25) is 11.6 Å². The van der Waals surface area contributed by atoms with E-state index >= 15 is 0 Å². The smallest absolute Gasteiger partial charge is 0.387 e. The van der Waals surface area contributed by atoms with E-state index in [9.17, 15) is 18.4 Å². The van der Waals surface area contributed by atoms with E-state index < -0.39 is 18.2 Å². The Morgan fingerprint density at radius 1 is 1.04 bits per heavy atom. The molecule has 1 aliphatic rings. The average molecular weight is 382 g/mol. The SMILES string of the molecule is CC(C)C#Cc1cccc(C(=O)C(=O)c2ccc(OC(F)F)c(C3CC3)c2)c1. The highest BCUT2D eigenvalue weighted by atomic mass is 19.3. The van der Waals surface area contributed by atoms with Crippen LogP contribution in [0.15, 0.2) is 42.5 Å². The van der Waals surface area contributed by atoms with Crippen molar-refractivity contribution in [1.82, 2.24) is 0 Å². The largest absolute Gasteiger partial charge is 0.435 e. The van der Waals surface area contributed by atoms with Gasteiger partial charge >= 0.3 is 6.61 Å². The van der Waals surface area contributed by atoms with Crippen molar-refractivity contribution in [2.75, 3.05) is 0 Å². The predicted molar refractivity (Wildman–Crippen MR) is 102 cm³/mol.